The number of carbonyl (C=O) groups excluding carboxylic acids is 1. The smallest absolute Gasteiger partial charge is 0.331 e. The fraction of sp³-hybridized carbons (Fsp3) is 0.900. The second kappa shape index (κ2) is 9.75. The van der Waals surface area contributed by atoms with Gasteiger partial charge < -0.3 is 39.4 Å². The van der Waals surface area contributed by atoms with Gasteiger partial charge in [-0.2, -0.15) is 0 Å². The summed E-state index contributed by atoms with van der Waals surface area (Å²) >= 11 is 0. The van der Waals surface area contributed by atoms with Crippen LogP contribution in [0, 0.1) is 34.5 Å². The third kappa shape index (κ3) is 4.09. The molecule has 9 nitrogen and oxygen atoms in total. The number of rotatable bonds is 4. The average Bonchev–Trinajstić information content (AvgIpc) is 3.39. The molecule has 1 saturated heterocycles. The number of ether oxygens (including phenoxy) is 4. The Hall–Kier alpha value is -1.07. The fourth-order valence-electron chi connectivity index (χ4n) is 10.2. The third-order valence-electron chi connectivity index (χ3n) is 12.3. The molecule has 6 aliphatic rings. The van der Waals surface area contributed by atoms with Crippen molar-refractivity contribution in [2.75, 3.05) is 13.7 Å². The van der Waals surface area contributed by atoms with Gasteiger partial charge in [0.1, 0.15) is 24.9 Å². The van der Waals surface area contributed by atoms with Gasteiger partial charge in [-0.25, -0.2) is 4.79 Å². The van der Waals surface area contributed by atoms with E-state index in [1.807, 2.05) is 0 Å². The Morgan fingerprint density at radius 3 is 2.49 bits per heavy atom. The molecule has 4 saturated carbocycles. The van der Waals surface area contributed by atoms with Crippen LogP contribution in [0.15, 0.2) is 11.6 Å². The van der Waals surface area contributed by atoms with E-state index in [-0.39, 0.29) is 35.9 Å². The molecule has 0 unspecified atom stereocenters. The lowest BCUT2D eigenvalue weighted by Crippen LogP contribution is -2.62. The largest absolute Gasteiger partial charge is 0.458 e. The minimum Gasteiger partial charge on any atom is -0.458 e. The van der Waals surface area contributed by atoms with Crippen LogP contribution in [-0.4, -0.2) is 88.6 Å². The Kier molecular flexibility index (Phi) is 7.02. The van der Waals surface area contributed by atoms with Gasteiger partial charge in [0.2, 0.25) is 0 Å². The van der Waals surface area contributed by atoms with Gasteiger partial charge in [0, 0.05) is 30.9 Å². The lowest BCUT2D eigenvalue weighted by molar-refractivity contribution is -0.313. The van der Waals surface area contributed by atoms with Crippen molar-refractivity contribution >= 4 is 5.97 Å². The first-order valence-corrected chi connectivity index (χ1v) is 14.9. The minimum atomic E-state index is -1.06. The molecule has 9 heteroatoms. The molecule has 4 aliphatic carbocycles. The zero-order valence-electron chi connectivity index (χ0n) is 23.6. The van der Waals surface area contributed by atoms with Crippen LogP contribution in [0.25, 0.3) is 0 Å². The Morgan fingerprint density at radius 1 is 1.03 bits per heavy atom. The van der Waals surface area contributed by atoms with Gasteiger partial charge in [-0.05, 0) is 80.6 Å². The van der Waals surface area contributed by atoms with E-state index < -0.39 is 47.8 Å². The zero-order valence-corrected chi connectivity index (χ0v) is 23.6. The van der Waals surface area contributed by atoms with Crippen LogP contribution in [0.4, 0.5) is 0 Å². The molecule has 0 bridgehead atoms. The number of methoxy groups -OCH3 is 1. The number of aliphatic hydroxyl groups excluding tert-OH is 3. The lowest BCUT2D eigenvalue weighted by atomic mass is 9.43. The number of hydrogen-bond donors (Lipinski definition) is 4. The van der Waals surface area contributed by atoms with Gasteiger partial charge in [-0.3, -0.25) is 0 Å². The summed E-state index contributed by atoms with van der Waals surface area (Å²) in [6.45, 7) is 6.48. The third-order valence-corrected chi connectivity index (χ3v) is 12.3. The molecule has 6 rings (SSSR count). The molecule has 0 aromatic carbocycles. The van der Waals surface area contributed by atoms with Crippen molar-refractivity contribution in [3.8, 4) is 0 Å². The Labute approximate surface area is 230 Å². The van der Waals surface area contributed by atoms with Gasteiger partial charge >= 0.3 is 5.97 Å². The van der Waals surface area contributed by atoms with Crippen LogP contribution in [0.2, 0.25) is 0 Å². The molecule has 2 heterocycles. The van der Waals surface area contributed by atoms with Crippen LogP contribution in [0.3, 0.4) is 0 Å². The summed E-state index contributed by atoms with van der Waals surface area (Å²) in [4.78, 5) is 11.8. The summed E-state index contributed by atoms with van der Waals surface area (Å²) < 4.78 is 22.7. The number of fused-ring (bicyclic) bond motifs is 5. The van der Waals surface area contributed by atoms with Gasteiger partial charge in [0.15, 0.2) is 6.29 Å². The summed E-state index contributed by atoms with van der Waals surface area (Å²) in [7, 11) is 1.48. The maximum atomic E-state index is 12.4. The number of cyclic esters (lactones) is 1. The number of hydrogen-bond acceptors (Lipinski definition) is 9. The van der Waals surface area contributed by atoms with Gasteiger partial charge in [0.05, 0.1) is 23.9 Å². The molecule has 0 spiro atoms. The first-order chi connectivity index (χ1) is 18.4. The maximum Gasteiger partial charge on any atom is 0.331 e. The molecular weight excluding hydrogens is 504 g/mol. The van der Waals surface area contributed by atoms with E-state index >= 15 is 0 Å². The van der Waals surface area contributed by atoms with Crippen molar-refractivity contribution in [1.29, 1.82) is 0 Å². The van der Waals surface area contributed by atoms with Crippen molar-refractivity contribution in [2.24, 2.45) is 34.5 Å². The highest BCUT2D eigenvalue weighted by Gasteiger charge is 2.70. The quantitative estimate of drug-likeness (QED) is 0.307. The Bertz CT molecular complexity index is 1000. The van der Waals surface area contributed by atoms with Crippen LogP contribution < -0.4 is 0 Å². The van der Waals surface area contributed by atoms with Gasteiger partial charge in [-0.1, -0.05) is 13.8 Å². The summed E-state index contributed by atoms with van der Waals surface area (Å²) in [5, 5.41) is 44.7. The summed E-state index contributed by atoms with van der Waals surface area (Å²) in [6, 6.07) is 0. The Balaban J connectivity index is 1.17. The van der Waals surface area contributed by atoms with Crippen molar-refractivity contribution < 1.29 is 44.2 Å². The molecule has 5 fully saturated rings. The number of esters is 1. The molecule has 220 valence electrons. The zero-order chi connectivity index (χ0) is 27.9. The van der Waals surface area contributed by atoms with Crippen LogP contribution >= 0.6 is 0 Å². The molecule has 0 radical (unpaired) electrons. The summed E-state index contributed by atoms with van der Waals surface area (Å²) in [5.74, 6) is 0.260. The second-order valence-electron chi connectivity index (χ2n) is 13.9. The van der Waals surface area contributed by atoms with Crippen LogP contribution in [-0.2, 0) is 23.7 Å². The normalized spacial score (nSPS) is 55.3. The average molecular weight is 551 g/mol. The molecular formula is C30H46O9. The van der Waals surface area contributed by atoms with Crippen molar-refractivity contribution in [2.45, 2.75) is 121 Å². The SMILES string of the molecule is CO[C@H]1[C@@H](O)[C@@H](C)O[C@@H](O[C@@H]2CC[C@@]3(C)[C@H](CC[C@@H]4[C@@H]3CC[C@]3(C)[C@@H](C5=CC(=O)OC5)[C@@H](O)C[C@]43O)C2)[C@@H]1O. The monoisotopic (exact) mass is 550 g/mol. The van der Waals surface area contributed by atoms with Crippen LogP contribution in [0.1, 0.15) is 72.1 Å². The molecule has 0 aromatic heterocycles. The molecule has 4 N–H and O–H groups in total. The maximum absolute atomic E-state index is 12.4. The van der Waals surface area contributed by atoms with E-state index in [2.05, 4.69) is 13.8 Å². The van der Waals surface area contributed by atoms with Gasteiger partial charge in [0.25, 0.3) is 0 Å². The van der Waals surface area contributed by atoms with E-state index in [1.165, 1.54) is 13.2 Å². The highest BCUT2D eigenvalue weighted by Crippen LogP contribution is 2.70. The molecule has 0 amide bonds. The lowest BCUT2D eigenvalue weighted by Gasteiger charge is -2.63. The van der Waals surface area contributed by atoms with Crippen molar-refractivity contribution in [1.82, 2.24) is 0 Å². The topological polar surface area (TPSA) is 135 Å². The highest BCUT2D eigenvalue weighted by molar-refractivity contribution is 5.85. The van der Waals surface area contributed by atoms with E-state index in [9.17, 15) is 25.2 Å². The minimum absolute atomic E-state index is 0.0547. The molecule has 2 aliphatic heterocycles. The first kappa shape index (κ1) is 28.1. The van der Waals surface area contributed by atoms with Crippen molar-refractivity contribution in [3.05, 3.63) is 11.6 Å². The van der Waals surface area contributed by atoms with E-state index in [4.69, 9.17) is 18.9 Å². The molecule has 0 aromatic rings. The van der Waals surface area contributed by atoms with E-state index in [1.54, 1.807) is 6.92 Å². The number of aliphatic hydroxyl groups is 4. The first-order valence-electron chi connectivity index (χ1n) is 14.9. The van der Waals surface area contributed by atoms with Crippen LogP contribution in [0.5, 0.6) is 0 Å². The predicted molar refractivity (Wildman–Crippen MR) is 139 cm³/mol. The fourth-order valence-corrected chi connectivity index (χ4v) is 10.2. The standard InChI is InChI=1S/C30H46O9/c1-15-24(33)26(36-4)25(34)27(38-15)39-18-7-9-28(2)17(12-18)5-6-20-19(28)8-10-29(3)23(16-11-22(32)37-14-16)21(31)13-30(20,29)35/h11,15,17-21,23-27,31,33-35H,5-10,12-14H2,1-4H3/t15-,17-,18-,19+,20-,21+,23+,24+,25-,26+,27+,28+,29-,30+/m1/s1. The summed E-state index contributed by atoms with van der Waals surface area (Å²) in [6.07, 6.45) is 3.40. The highest BCUT2D eigenvalue weighted by atomic mass is 16.7. The van der Waals surface area contributed by atoms with Crippen molar-refractivity contribution in [3.63, 3.8) is 0 Å². The predicted octanol–water partition coefficient (Wildman–Crippen LogP) is 2.08. The van der Waals surface area contributed by atoms with E-state index in [0.29, 0.717) is 18.3 Å². The second-order valence-corrected chi connectivity index (χ2v) is 13.9. The van der Waals surface area contributed by atoms with E-state index in [0.717, 1.165) is 50.5 Å². The molecule has 39 heavy (non-hydrogen) atoms. The summed E-state index contributed by atoms with van der Waals surface area (Å²) in [5.41, 5.74) is -0.601. The molecule has 14 atom stereocenters. The van der Waals surface area contributed by atoms with Gasteiger partial charge in [-0.15, -0.1) is 0 Å². The Morgan fingerprint density at radius 2 is 1.79 bits per heavy atom. The number of carbonyl (C=O) groups is 1.